The van der Waals surface area contributed by atoms with Crippen LogP contribution in [0.15, 0.2) is 18.2 Å². The van der Waals surface area contributed by atoms with Crippen LogP contribution in [0.1, 0.15) is 19.4 Å². The number of ether oxygens (including phenoxy) is 2. The van der Waals surface area contributed by atoms with Gasteiger partial charge >= 0.3 is 5.69 Å². The van der Waals surface area contributed by atoms with Gasteiger partial charge in [-0.15, -0.1) is 0 Å². The molecule has 2 rings (SSSR count). The van der Waals surface area contributed by atoms with E-state index in [1.54, 1.807) is 24.1 Å². The van der Waals surface area contributed by atoms with Crippen LogP contribution in [0.2, 0.25) is 0 Å². The Hall–Kier alpha value is -1.97. The number of anilines is 1. The number of rotatable bonds is 6. The van der Waals surface area contributed by atoms with Crippen LogP contribution in [0.3, 0.4) is 0 Å². The van der Waals surface area contributed by atoms with Crippen LogP contribution in [0.5, 0.6) is 0 Å². The van der Waals surface area contributed by atoms with Crippen LogP contribution in [0.25, 0.3) is 4.98 Å². The van der Waals surface area contributed by atoms with Crippen molar-refractivity contribution < 1.29 is 14.3 Å². The first kappa shape index (κ1) is 15.4. The summed E-state index contributed by atoms with van der Waals surface area (Å²) in [6, 6.07) is 5.25. The second-order valence-electron chi connectivity index (χ2n) is 5.49. The number of carbonyl (C=O) groups excluding carboxylic acids is 1. The molecule has 21 heavy (non-hydrogen) atoms. The maximum Gasteiger partial charge on any atom is 0.385 e. The molecule has 112 valence electrons. The van der Waals surface area contributed by atoms with Gasteiger partial charge in [-0.3, -0.25) is 4.79 Å². The summed E-state index contributed by atoms with van der Waals surface area (Å²) in [5.41, 5.74) is 1.56. The van der Waals surface area contributed by atoms with Crippen LogP contribution in [0.4, 0.5) is 11.4 Å². The molecule has 6 nitrogen and oxygen atoms in total. The minimum Gasteiger partial charge on any atom is -0.382 e. The first-order valence-electron chi connectivity index (χ1n) is 6.90. The van der Waals surface area contributed by atoms with Gasteiger partial charge in [0.25, 0.3) is 0 Å². The van der Waals surface area contributed by atoms with Gasteiger partial charge in [0.15, 0.2) is 4.98 Å². The SMILES string of the molecule is COCCOCCN1C(=O)C(C)(C)c2cc([N+]#N)ccc21. The van der Waals surface area contributed by atoms with Gasteiger partial charge in [-0.05, 0) is 25.5 Å². The van der Waals surface area contributed by atoms with Crippen LogP contribution in [-0.4, -0.2) is 39.4 Å². The predicted octanol–water partition coefficient (Wildman–Crippen LogP) is 2.46. The Bertz CT molecular complexity index is 578. The van der Waals surface area contributed by atoms with E-state index in [1.165, 1.54) is 0 Å². The average Bonchev–Trinajstić information content (AvgIpc) is 2.67. The van der Waals surface area contributed by atoms with Gasteiger partial charge in [0.2, 0.25) is 11.3 Å². The zero-order valence-corrected chi connectivity index (χ0v) is 12.6. The predicted molar refractivity (Wildman–Crippen MR) is 79.3 cm³/mol. The monoisotopic (exact) mass is 290 g/mol. The number of diazo groups is 1. The van der Waals surface area contributed by atoms with Crippen molar-refractivity contribution in [2.75, 3.05) is 38.4 Å². The normalized spacial score (nSPS) is 15.9. The van der Waals surface area contributed by atoms with E-state index in [2.05, 4.69) is 4.98 Å². The molecular formula is C15H20N3O3+. The lowest BCUT2D eigenvalue weighted by molar-refractivity contribution is -0.122. The molecule has 0 unspecified atom stereocenters. The number of methoxy groups -OCH3 is 1. The molecule has 1 amide bonds. The number of carbonyl (C=O) groups is 1. The Morgan fingerprint density at radius 3 is 2.71 bits per heavy atom. The number of hydrogen-bond acceptors (Lipinski definition) is 4. The highest BCUT2D eigenvalue weighted by Crippen LogP contribution is 2.43. The minimum atomic E-state index is -0.622. The van der Waals surface area contributed by atoms with Crippen LogP contribution in [-0.2, 0) is 19.7 Å². The molecule has 1 aliphatic heterocycles. The Morgan fingerprint density at radius 2 is 2.05 bits per heavy atom. The van der Waals surface area contributed by atoms with Gasteiger partial charge in [-0.1, -0.05) is 0 Å². The quantitative estimate of drug-likeness (QED) is 0.596. The summed E-state index contributed by atoms with van der Waals surface area (Å²) in [4.78, 5) is 17.5. The lowest BCUT2D eigenvalue weighted by Crippen LogP contribution is -2.38. The summed E-state index contributed by atoms with van der Waals surface area (Å²) in [5.74, 6) is 0.0305. The molecule has 6 heteroatoms. The molecular weight excluding hydrogens is 270 g/mol. The second kappa shape index (κ2) is 6.20. The molecule has 1 aromatic carbocycles. The third kappa shape index (κ3) is 2.89. The fraction of sp³-hybridized carbons (Fsp3) is 0.533. The Balaban J connectivity index is 2.15. The summed E-state index contributed by atoms with van der Waals surface area (Å²) < 4.78 is 10.3. The Kier molecular flexibility index (Phi) is 4.56. The smallest absolute Gasteiger partial charge is 0.382 e. The summed E-state index contributed by atoms with van der Waals surface area (Å²) in [6.45, 7) is 5.75. The molecule has 1 heterocycles. The molecule has 0 saturated carbocycles. The fourth-order valence-corrected chi connectivity index (χ4v) is 2.51. The molecule has 1 aliphatic rings. The number of hydrogen-bond donors (Lipinski definition) is 0. The zero-order valence-electron chi connectivity index (χ0n) is 12.6. The first-order valence-corrected chi connectivity index (χ1v) is 6.90. The van der Waals surface area contributed by atoms with Crippen molar-refractivity contribution in [3.8, 4) is 0 Å². The van der Waals surface area contributed by atoms with Gasteiger partial charge in [0.05, 0.1) is 25.2 Å². The van der Waals surface area contributed by atoms with Gasteiger partial charge in [0.1, 0.15) is 0 Å². The molecule has 0 bridgehead atoms. The first-order chi connectivity index (χ1) is 10.0. The van der Waals surface area contributed by atoms with Crippen molar-refractivity contribution in [2.45, 2.75) is 19.3 Å². The lowest BCUT2D eigenvalue weighted by atomic mass is 9.86. The summed E-state index contributed by atoms with van der Waals surface area (Å²) >= 11 is 0. The second-order valence-corrected chi connectivity index (χ2v) is 5.49. The van der Waals surface area contributed by atoms with Gasteiger partial charge in [0, 0.05) is 31.5 Å². The van der Waals surface area contributed by atoms with Gasteiger partial charge in [-0.2, -0.15) is 0 Å². The van der Waals surface area contributed by atoms with E-state index in [-0.39, 0.29) is 5.91 Å². The molecule has 0 aliphatic carbocycles. The highest BCUT2D eigenvalue weighted by Gasteiger charge is 2.44. The zero-order chi connectivity index (χ0) is 15.5. The van der Waals surface area contributed by atoms with Crippen molar-refractivity contribution in [1.29, 1.82) is 5.39 Å². The van der Waals surface area contributed by atoms with Crippen LogP contribution < -0.4 is 4.90 Å². The van der Waals surface area contributed by atoms with E-state index in [9.17, 15) is 4.79 Å². The highest BCUT2D eigenvalue weighted by molar-refractivity contribution is 6.07. The topological polar surface area (TPSA) is 66.9 Å². The van der Waals surface area contributed by atoms with Crippen molar-refractivity contribution >= 4 is 17.3 Å². The van der Waals surface area contributed by atoms with E-state index in [0.29, 0.717) is 32.1 Å². The van der Waals surface area contributed by atoms with Crippen LogP contribution >= 0.6 is 0 Å². The highest BCUT2D eigenvalue weighted by atomic mass is 16.5. The molecule has 0 spiro atoms. The summed E-state index contributed by atoms with van der Waals surface area (Å²) in [5, 5.41) is 8.89. The van der Waals surface area contributed by atoms with Gasteiger partial charge < -0.3 is 14.4 Å². The third-order valence-electron chi connectivity index (χ3n) is 3.73. The van der Waals surface area contributed by atoms with E-state index in [0.717, 1.165) is 11.3 Å². The van der Waals surface area contributed by atoms with E-state index in [1.807, 2.05) is 19.9 Å². The van der Waals surface area contributed by atoms with E-state index < -0.39 is 5.41 Å². The molecule has 0 radical (unpaired) electrons. The lowest BCUT2D eigenvalue weighted by Gasteiger charge is -2.20. The fourth-order valence-electron chi connectivity index (χ4n) is 2.51. The Morgan fingerprint density at radius 1 is 1.29 bits per heavy atom. The molecule has 1 aromatic rings. The number of benzene rings is 1. The minimum absolute atomic E-state index is 0.0305. The largest absolute Gasteiger partial charge is 0.385 e. The number of amides is 1. The average molecular weight is 290 g/mol. The van der Waals surface area contributed by atoms with Crippen molar-refractivity contribution in [1.82, 2.24) is 0 Å². The standard InChI is InChI=1S/C15H20N3O3/c1-15(2)12-10-11(17-16)4-5-13(12)18(14(15)19)6-7-21-9-8-20-3/h4-5,10H,6-9H2,1-3H3/q+1. The number of fused-ring (bicyclic) bond motifs is 1. The summed E-state index contributed by atoms with van der Waals surface area (Å²) in [7, 11) is 1.62. The van der Waals surface area contributed by atoms with Gasteiger partial charge in [-0.25, -0.2) is 0 Å². The molecule has 0 fully saturated rings. The maximum atomic E-state index is 12.6. The molecule has 0 saturated heterocycles. The van der Waals surface area contributed by atoms with Crippen molar-refractivity contribution in [3.63, 3.8) is 0 Å². The van der Waals surface area contributed by atoms with E-state index >= 15 is 0 Å². The van der Waals surface area contributed by atoms with Crippen LogP contribution in [0, 0.1) is 5.39 Å². The maximum absolute atomic E-state index is 12.6. The third-order valence-corrected chi connectivity index (χ3v) is 3.73. The Labute approximate surface area is 124 Å². The van der Waals surface area contributed by atoms with Crippen molar-refractivity contribution in [2.24, 2.45) is 0 Å². The van der Waals surface area contributed by atoms with Crippen molar-refractivity contribution in [3.05, 3.63) is 28.7 Å². The molecule has 0 atom stereocenters. The molecule has 0 N–H and O–H groups in total. The van der Waals surface area contributed by atoms with E-state index in [4.69, 9.17) is 14.9 Å². The summed E-state index contributed by atoms with van der Waals surface area (Å²) in [6.07, 6.45) is 0. The molecule has 0 aromatic heterocycles. The number of nitrogens with zero attached hydrogens (tertiary/aromatic N) is 3.